The predicted molar refractivity (Wildman–Crippen MR) is 90.9 cm³/mol. The maximum atomic E-state index is 13.2. The Morgan fingerprint density at radius 3 is 2.82 bits per heavy atom. The van der Waals surface area contributed by atoms with Crippen molar-refractivity contribution < 1.29 is 4.39 Å². The van der Waals surface area contributed by atoms with Crippen molar-refractivity contribution in [3.05, 3.63) is 42.2 Å². The molecule has 0 atom stereocenters. The molecular formula is C17H25FN4. The summed E-state index contributed by atoms with van der Waals surface area (Å²) in [6.07, 6.45) is 7.46. The molecule has 0 radical (unpaired) electrons. The lowest BCUT2D eigenvalue weighted by Gasteiger charge is -2.20. The van der Waals surface area contributed by atoms with Crippen LogP contribution in [0.25, 0.3) is 0 Å². The lowest BCUT2D eigenvalue weighted by Crippen LogP contribution is -2.43. The van der Waals surface area contributed by atoms with Gasteiger partial charge in [0.2, 0.25) is 0 Å². The van der Waals surface area contributed by atoms with Crippen LogP contribution in [0.15, 0.2) is 41.4 Å². The Bertz CT molecular complexity index is 519. The number of nitrogens with one attached hydrogen (secondary N) is 2. The number of nitrogens with zero attached hydrogens (tertiary/aromatic N) is 2. The average Bonchev–Trinajstić information content (AvgIpc) is 3.03. The van der Waals surface area contributed by atoms with E-state index in [9.17, 15) is 4.39 Å². The van der Waals surface area contributed by atoms with Crippen molar-refractivity contribution in [3.8, 4) is 0 Å². The van der Waals surface area contributed by atoms with Gasteiger partial charge in [-0.3, -0.25) is 4.99 Å². The second-order valence-corrected chi connectivity index (χ2v) is 5.54. The molecular weight excluding hydrogens is 279 g/mol. The van der Waals surface area contributed by atoms with Gasteiger partial charge in [-0.2, -0.15) is 0 Å². The van der Waals surface area contributed by atoms with Gasteiger partial charge in [-0.25, -0.2) is 4.39 Å². The first kappa shape index (κ1) is 16.3. The molecule has 0 heterocycles. The van der Waals surface area contributed by atoms with Gasteiger partial charge >= 0.3 is 0 Å². The summed E-state index contributed by atoms with van der Waals surface area (Å²) in [5.74, 6) is 0.652. The van der Waals surface area contributed by atoms with Crippen molar-refractivity contribution in [2.45, 2.75) is 25.3 Å². The zero-order chi connectivity index (χ0) is 15.8. The van der Waals surface area contributed by atoms with Crippen LogP contribution in [-0.4, -0.2) is 39.2 Å². The molecule has 0 aromatic heterocycles. The lowest BCUT2D eigenvalue weighted by molar-refractivity contribution is 0.624. The van der Waals surface area contributed by atoms with Crippen molar-refractivity contribution in [1.29, 1.82) is 0 Å². The molecule has 0 aliphatic heterocycles. The maximum absolute atomic E-state index is 13.2. The summed E-state index contributed by atoms with van der Waals surface area (Å²) >= 11 is 0. The SMILES string of the molecule is CN=C(NCCCN(C)c1cccc(F)c1)NC1CC=CC1. The smallest absolute Gasteiger partial charge is 0.191 e. The van der Waals surface area contributed by atoms with Crippen molar-refractivity contribution in [1.82, 2.24) is 10.6 Å². The van der Waals surface area contributed by atoms with Crippen LogP contribution in [0.4, 0.5) is 10.1 Å². The summed E-state index contributed by atoms with van der Waals surface area (Å²) in [6, 6.07) is 7.14. The minimum atomic E-state index is -0.197. The van der Waals surface area contributed by atoms with Gasteiger partial charge in [0.15, 0.2) is 5.96 Å². The first-order valence-corrected chi connectivity index (χ1v) is 7.78. The van der Waals surface area contributed by atoms with Gasteiger partial charge in [0.1, 0.15) is 5.82 Å². The first-order chi connectivity index (χ1) is 10.7. The molecule has 1 aromatic carbocycles. The molecule has 0 spiro atoms. The van der Waals surface area contributed by atoms with Crippen LogP contribution >= 0.6 is 0 Å². The number of rotatable bonds is 6. The number of hydrogen-bond acceptors (Lipinski definition) is 2. The molecule has 2 N–H and O–H groups in total. The molecule has 1 aliphatic carbocycles. The Morgan fingerprint density at radius 2 is 2.14 bits per heavy atom. The van der Waals surface area contributed by atoms with Crippen LogP contribution in [0.2, 0.25) is 0 Å². The first-order valence-electron chi connectivity index (χ1n) is 7.78. The molecule has 0 bridgehead atoms. The van der Waals surface area contributed by atoms with Gasteiger partial charge in [-0.05, 0) is 37.5 Å². The zero-order valence-electron chi connectivity index (χ0n) is 13.3. The van der Waals surface area contributed by atoms with E-state index >= 15 is 0 Å². The zero-order valence-corrected chi connectivity index (χ0v) is 13.3. The quantitative estimate of drug-likeness (QED) is 0.367. The van der Waals surface area contributed by atoms with E-state index in [4.69, 9.17) is 0 Å². The Hall–Kier alpha value is -2.04. The minimum absolute atomic E-state index is 0.197. The van der Waals surface area contributed by atoms with Gasteiger partial charge < -0.3 is 15.5 Å². The molecule has 0 saturated carbocycles. The van der Waals surface area contributed by atoms with Crippen LogP contribution in [0.3, 0.4) is 0 Å². The third-order valence-electron chi connectivity index (χ3n) is 3.78. The fraction of sp³-hybridized carbons (Fsp3) is 0.471. The number of guanidine groups is 1. The molecule has 4 nitrogen and oxygen atoms in total. The van der Waals surface area contributed by atoms with Gasteiger partial charge in [-0.1, -0.05) is 18.2 Å². The van der Waals surface area contributed by atoms with Crippen LogP contribution in [0, 0.1) is 5.82 Å². The van der Waals surface area contributed by atoms with E-state index in [0.29, 0.717) is 6.04 Å². The van der Waals surface area contributed by atoms with E-state index in [1.807, 2.05) is 13.1 Å². The summed E-state index contributed by atoms with van der Waals surface area (Å²) in [6.45, 7) is 1.69. The van der Waals surface area contributed by atoms with E-state index in [2.05, 4.69) is 32.7 Å². The van der Waals surface area contributed by atoms with E-state index < -0.39 is 0 Å². The largest absolute Gasteiger partial charge is 0.374 e. The average molecular weight is 304 g/mol. The summed E-state index contributed by atoms with van der Waals surface area (Å²) < 4.78 is 13.2. The van der Waals surface area contributed by atoms with Gasteiger partial charge in [0, 0.05) is 38.9 Å². The van der Waals surface area contributed by atoms with E-state index in [-0.39, 0.29) is 5.82 Å². The number of anilines is 1. The summed E-state index contributed by atoms with van der Waals surface area (Å²) in [5, 5.41) is 6.73. The highest BCUT2D eigenvalue weighted by atomic mass is 19.1. The molecule has 2 rings (SSSR count). The van der Waals surface area contributed by atoms with Crippen molar-refractivity contribution in [2.75, 3.05) is 32.1 Å². The Morgan fingerprint density at radius 1 is 1.36 bits per heavy atom. The normalized spacial score (nSPS) is 15.1. The number of benzene rings is 1. The van der Waals surface area contributed by atoms with E-state index in [1.165, 1.54) is 6.07 Å². The third-order valence-corrected chi connectivity index (χ3v) is 3.78. The van der Waals surface area contributed by atoms with Crippen molar-refractivity contribution in [3.63, 3.8) is 0 Å². The standard InChI is InChI=1S/C17H25FN4/c1-19-17(21-15-8-3-4-9-15)20-11-6-12-22(2)16-10-5-7-14(18)13-16/h3-5,7,10,13,15H,6,8-9,11-12H2,1-2H3,(H2,19,20,21). The molecule has 1 aromatic rings. The fourth-order valence-electron chi connectivity index (χ4n) is 2.49. The summed E-state index contributed by atoms with van der Waals surface area (Å²) in [7, 11) is 3.77. The van der Waals surface area contributed by atoms with Crippen molar-refractivity contribution in [2.24, 2.45) is 4.99 Å². The topological polar surface area (TPSA) is 39.7 Å². The van der Waals surface area contributed by atoms with Crippen molar-refractivity contribution >= 4 is 11.6 Å². The summed E-state index contributed by atoms with van der Waals surface area (Å²) in [5.41, 5.74) is 0.902. The molecule has 1 aliphatic rings. The minimum Gasteiger partial charge on any atom is -0.374 e. The molecule has 22 heavy (non-hydrogen) atoms. The molecule has 0 unspecified atom stereocenters. The maximum Gasteiger partial charge on any atom is 0.191 e. The highest BCUT2D eigenvalue weighted by Crippen LogP contribution is 2.13. The Kier molecular flexibility index (Phi) is 6.25. The van der Waals surface area contributed by atoms with Gasteiger partial charge in [-0.15, -0.1) is 0 Å². The second-order valence-electron chi connectivity index (χ2n) is 5.54. The molecule has 5 heteroatoms. The fourth-order valence-corrected chi connectivity index (χ4v) is 2.49. The molecule has 120 valence electrons. The Labute approximate surface area is 132 Å². The summed E-state index contributed by atoms with van der Waals surface area (Å²) in [4.78, 5) is 6.30. The van der Waals surface area contributed by atoms with E-state index in [0.717, 1.165) is 44.0 Å². The third kappa shape index (κ3) is 5.06. The second kappa shape index (κ2) is 8.41. The van der Waals surface area contributed by atoms with Crippen LogP contribution in [-0.2, 0) is 0 Å². The number of halogens is 1. The van der Waals surface area contributed by atoms with Gasteiger partial charge in [0.25, 0.3) is 0 Å². The lowest BCUT2D eigenvalue weighted by atomic mass is 10.2. The highest BCUT2D eigenvalue weighted by molar-refractivity contribution is 5.80. The van der Waals surface area contributed by atoms with Crippen LogP contribution < -0.4 is 15.5 Å². The molecule has 0 saturated heterocycles. The monoisotopic (exact) mass is 304 g/mol. The number of aliphatic imine (C=N–C) groups is 1. The number of hydrogen-bond donors (Lipinski definition) is 2. The molecule has 0 fully saturated rings. The predicted octanol–water partition coefficient (Wildman–Crippen LogP) is 2.54. The van der Waals surface area contributed by atoms with Crippen LogP contribution in [0.5, 0.6) is 0 Å². The molecule has 0 amide bonds. The Balaban J connectivity index is 1.67. The van der Waals surface area contributed by atoms with E-state index in [1.54, 1.807) is 19.2 Å². The van der Waals surface area contributed by atoms with Crippen LogP contribution in [0.1, 0.15) is 19.3 Å². The van der Waals surface area contributed by atoms with Gasteiger partial charge in [0.05, 0.1) is 0 Å². The highest BCUT2D eigenvalue weighted by Gasteiger charge is 2.11.